The van der Waals surface area contributed by atoms with Crippen molar-refractivity contribution in [3.8, 4) is 0 Å². The Balaban J connectivity index is 2.43. The lowest BCUT2D eigenvalue weighted by Crippen LogP contribution is -2.15. The third-order valence-electron chi connectivity index (χ3n) is 3.07. The molecule has 2 aromatic rings. The molecule has 0 radical (unpaired) electrons. The van der Waals surface area contributed by atoms with Crippen LogP contribution in [0.15, 0.2) is 41.3 Å². The summed E-state index contributed by atoms with van der Waals surface area (Å²) < 4.78 is 27.4. The molecular weight excluding hydrogens is 272 g/mol. The fraction of sp³-hybridized carbons (Fsp3) is 0.200. The van der Waals surface area contributed by atoms with Crippen molar-refractivity contribution < 1.29 is 8.42 Å². The normalized spacial score (nSPS) is 11.3. The third-order valence-corrected chi connectivity index (χ3v) is 4.60. The summed E-state index contributed by atoms with van der Waals surface area (Å²) >= 11 is 0. The van der Waals surface area contributed by atoms with Gasteiger partial charge in [0.2, 0.25) is 0 Å². The van der Waals surface area contributed by atoms with Crippen molar-refractivity contribution in [3.63, 3.8) is 0 Å². The maximum Gasteiger partial charge on any atom is 0.262 e. The molecule has 0 spiro atoms. The molecule has 0 unspecified atom stereocenters. The first-order valence-corrected chi connectivity index (χ1v) is 7.74. The Morgan fingerprint density at radius 2 is 1.55 bits per heavy atom. The highest BCUT2D eigenvalue weighted by Gasteiger charge is 2.17. The summed E-state index contributed by atoms with van der Waals surface area (Å²) in [6.45, 7) is 5.59. The minimum atomic E-state index is -3.63. The number of hydrogen-bond acceptors (Lipinski definition) is 3. The van der Waals surface area contributed by atoms with Gasteiger partial charge in [0, 0.05) is 0 Å². The fourth-order valence-corrected chi connectivity index (χ4v) is 3.37. The Hall–Kier alpha value is -2.01. The fourth-order valence-electron chi connectivity index (χ4n) is 2.06. The first-order valence-electron chi connectivity index (χ1n) is 6.26. The monoisotopic (exact) mass is 290 g/mol. The van der Waals surface area contributed by atoms with Gasteiger partial charge in [-0.25, -0.2) is 8.42 Å². The van der Waals surface area contributed by atoms with E-state index in [1.807, 2.05) is 26.0 Å². The van der Waals surface area contributed by atoms with Crippen molar-refractivity contribution in [2.75, 3.05) is 10.5 Å². The maximum atomic E-state index is 12.4. The Kier molecular flexibility index (Phi) is 3.72. The predicted molar refractivity (Wildman–Crippen MR) is 82.3 cm³/mol. The second kappa shape index (κ2) is 5.17. The lowest BCUT2D eigenvalue weighted by Gasteiger charge is -2.13. The number of hydrogen-bond donors (Lipinski definition) is 2. The molecule has 0 aromatic heterocycles. The van der Waals surface area contributed by atoms with Gasteiger partial charge in [-0.2, -0.15) is 0 Å². The molecule has 0 fully saturated rings. The van der Waals surface area contributed by atoms with E-state index in [0.29, 0.717) is 16.9 Å². The van der Waals surface area contributed by atoms with Crippen LogP contribution in [0.1, 0.15) is 16.7 Å². The van der Waals surface area contributed by atoms with Crippen molar-refractivity contribution in [2.45, 2.75) is 25.7 Å². The molecule has 2 aromatic carbocycles. The molecule has 0 aliphatic heterocycles. The summed E-state index contributed by atoms with van der Waals surface area (Å²) in [4.78, 5) is 0.268. The van der Waals surface area contributed by atoms with Gasteiger partial charge < -0.3 is 5.73 Å². The molecule has 3 N–H and O–H groups in total. The van der Waals surface area contributed by atoms with Crippen LogP contribution in [0.3, 0.4) is 0 Å². The van der Waals surface area contributed by atoms with E-state index in [0.717, 1.165) is 11.1 Å². The highest BCUT2D eigenvalue weighted by Crippen LogP contribution is 2.25. The zero-order valence-electron chi connectivity index (χ0n) is 11.8. The van der Waals surface area contributed by atoms with Gasteiger partial charge in [-0.3, -0.25) is 4.72 Å². The second-order valence-electron chi connectivity index (χ2n) is 4.97. The average molecular weight is 290 g/mol. The number of anilines is 2. The van der Waals surface area contributed by atoms with Gasteiger partial charge in [0.25, 0.3) is 10.0 Å². The molecule has 0 atom stereocenters. The molecule has 0 bridgehead atoms. The zero-order valence-corrected chi connectivity index (χ0v) is 12.6. The van der Waals surface area contributed by atoms with Crippen LogP contribution >= 0.6 is 0 Å². The summed E-state index contributed by atoms with van der Waals surface area (Å²) in [5.74, 6) is 0. The van der Waals surface area contributed by atoms with Crippen LogP contribution < -0.4 is 10.5 Å². The van der Waals surface area contributed by atoms with Gasteiger partial charge in [-0.1, -0.05) is 23.8 Å². The van der Waals surface area contributed by atoms with E-state index in [1.54, 1.807) is 31.2 Å². The van der Waals surface area contributed by atoms with E-state index < -0.39 is 10.0 Å². The van der Waals surface area contributed by atoms with Crippen molar-refractivity contribution in [2.24, 2.45) is 0 Å². The number of nitrogens with two attached hydrogens (primary N) is 1. The summed E-state index contributed by atoms with van der Waals surface area (Å²) in [5, 5.41) is 0. The lowest BCUT2D eigenvalue weighted by molar-refractivity contribution is 0.600. The van der Waals surface area contributed by atoms with E-state index >= 15 is 0 Å². The first kappa shape index (κ1) is 14.4. The van der Waals surface area contributed by atoms with E-state index in [2.05, 4.69) is 4.72 Å². The molecule has 0 saturated heterocycles. The van der Waals surface area contributed by atoms with Gasteiger partial charge >= 0.3 is 0 Å². The highest BCUT2D eigenvalue weighted by atomic mass is 32.2. The molecule has 0 aliphatic carbocycles. The van der Waals surface area contributed by atoms with Crippen LogP contribution in [0.25, 0.3) is 0 Å². The molecule has 4 nitrogen and oxygen atoms in total. The Morgan fingerprint density at radius 1 is 0.950 bits per heavy atom. The number of aryl methyl sites for hydroxylation is 3. The minimum Gasteiger partial charge on any atom is -0.397 e. The highest BCUT2D eigenvalue weighted by molar-refractivity contribution is 7.92. The molecule has 5 heteroatoms. The van der Waals surface area contributed by atoms with E-state index in [4.69, 9.17) is 5.73 Å². The molecule has 20 heavy (non-hydrogen) atoms. The predicted octanol–water partition coefficient (Wildman–Crippen LogP) is 2.99. The standard InChI is InChI=1S/C15H18N2O2S/c1-10-5-7-15(12(3)8-10)20(18,19)17-14-9-11(2)4-6-13(14)16/h4-9,17H,16H2,1-3H3. The summed E-state index contributed by atoms with van der Waals surface area (Å²) in [6, 6.07) is 10.5. The first-order chi connectivity index (χ1) is 9.29. The largest absolute Gasteiger partial charge is 0.397 e. The van der Waals surface area contributed by atoms with Crippen LogP contribution in [0.4, 0.5) is 11.4 Å². The molecule has 106 valence electrons. The topological polar surface area (TPSA) is 72.2 Å². The number of rotatable bonds is 3. The van der Waals surface area contributed by atoms with Crippen LogP contribution in [0.2, 0.25) is 0 Å². The number of benzene rings is 2. The maximum absolute atomic E-state index is 12.4. The Morgan fingerprint density at radius 3 is 2.20 bits per heavy atom. The quantitative estimate of drug-likeness (QED) is 0.854. The van der Waals surface area contributed by atoms with Crippen LogP contribution in [0.5, 0.6) is 0 Å². The van der Waals surface area contributed by atoms with Crippen LogP contribution in [-0.4, -0.2) is 8.42 Å². The summed E-state index contributed by atoms with van der Waals surface area (Å²) in [7, 11) is -3.63. The summed E-state index contributed by atoms with van der Waals surface area (Å²) in [5.41, 5.74) is 9.30. The molecule has 0 heterocycles. The molecular formula is C15H18N2O2S. The van der Waals surface area contributed by atoms with Crippen molar-refractivity contribution in [3.05, 3.63) is 53.1 Å². The van der Waals surface area contributed by atoms with E-state index in [-0.39, 0.29) is 4.90 Å². The SMILES string of the molecule is Cc1ccc(S(=O)(=O)Nc2cc(C)ccc2N)c(C)c1. The van der Waals surface area contributed by atoms with E-state index in [9.17, 15) is 8.42 Å². The molecule has 0 aliphatic rings. The van der Waals surface area contributed by atoms with Crippen molar-refractivity contribution in [1.29, 1.82) is 0 Å². The number of nitrogen functional groups attached to an aromatic ring is 1. The smallest absolute Gasteiger partial charge is 0.262 e. The van der Waals surface area contributed by atoms with Crippen molar-refractivity contribution in [1.82, 2.24) is 0 Å². The average Bonchev–Trinajstić information content (AvgIpc) is 2.33. The van der Waals surface area contributed by atoms with Crippen LogP contribution in [0, 0.1) is 20.8 Å². The molecule has 0 amide bonds. The van der Waals surface area contributed by atoms with Crippen LogP contribution in [-0.2, 0) is 10.0 Å². The lowest BCUT2D eigenvalue weighted by atomic mass is 10.2. The Labute approximate surface area is 119 Å². The number of sulfonamides is 1. The van der Waals surface area contributed by atoms with Crippen molar-refractivity contribution >= 4 is 21.4 Å². The zero-order chi connectivity index (χ0) is 14.9. The molecule has 2 rings (SSSR count). The Bertz CT molecular complexity index is 752. The van der Waals surface area contributed by atoms with Gasteiger partial charge in [0.1, 0.15) is 0 Å². The summed E-state index contributed by atoms with van der Waals surface area (Å²) in [6.07, 6.45) is 0. The second-order valence-corrected chi connectivity index (χ2v) is 6.62. The minimum absolute atomic E-state index is 0.268. The van der Waals surface area contributed by atoms with Gasteiger partial charge in [-0.15, -0.1) is 0 Å². The van der Waals surface area contributed by atoms with Gasteiger partial charge in [0.05, 0.1) is 16.3 Å². The van der Waals surface area contributed by atoms with E-state index in [1.165, 1.54) is 0 Å². The third kappa shape index (κ3) is 2.93. The number of nitrogens with one attached hydrogen (secondary N) is 1. The van der Waals surface area contributed by atoms with Gasteiger partial charge in [0.15, 0.2) is 0 Å². The van der Waals surface area contributed by atoms with Gasteiger partial charge in [-0.05, 0) is 50.1 Å². The molecule has 0 saturated carbocycles.